The fraction of sp³-hybridized carbons (Fsp3) is 0.364. The third-order valence-electron chi connectivity index (χ3n) is 5.76. The van der Waals surface area contributed by atoms with Crippen molar-refractivity contribution >= 4 is 34.6 Å². The number of hydrogen-bond acceptors (Lipinski definition) is 7. The van der Waals surface area contributed by atoms with E-state index in [4.69, 9.17) is 4.74 Å². The quantitative estimate of drug-likeness (QED) is 0.665. The highest BCUT2D eigenvalue weighted by Gasteiger charge is 2.38. The molecule has 158 valence electrons. The van der Waals surface area contributed by atoms with Gasteiger partial charge in [-0.2, -0.15) is 9.78 Å². The number of rotatable bonds is 4. The summed E-state index contributed by atoms with van der Waals surface area (Å²) in [6, 6.07) is 10.4. The monoisotopic (exact) mass is 417 g/mol. The van der Waals surface area contributed by atoms with Crippen molar-refractivity contribution in [1.29, 1.82) is 5.26 Å². The lowest BCUT2D eigenvalue weighted by molar-refractivity contribution is 0.178. The maximum absolute atomic E-state index is 12.3. The van der Waals surface area contributed by atoms with Gasteiger partial charge in [-0.1, -0.05) is 19.9 Å². The molecule has 0 bridgehead atoms. The van der Waals surface area contributed by atoms with Gasteiger partial charge in [0.15, 0.2) is 17.2 Å². The van der Waals surface area contributed by atoms with Crippen molar-refractivity contribution in [3.63, 3.8) is 0 Å². The number of ether oxygens (including phenoxy) is 1. The Morgan fingerprint density at radius 3 is 2.84 bits per heavy atom. The topological polar surface area (TPSA) is 108 Å². The zero-order valence-electron chi connectivity index (χ0n) is 17.6. The van der Waals surface area contributed by atoms with Gasteiger partial charge in [-0.25, -0.2) is 9.78 Å². The molecule has 1 aliphatic carbocycles. The average Bonchev–Trinajstić information content (AvgIpc) is 3.40. The molecule has 1 aliphatic heterocycles. The van der Waals surface area contributed by atoms with Crippen LogP contribution in [0.5, 0.6) is 0 Å². The molecule has 0 atom stereocenters. The summed E-state index contributed by atoms with van der Waals surface area (Å²) in [5, 5.41) is 20.7. The zero-order chi connectivity index (χ0) is 21.8. The highest BCUT2D eigenvalue weighted by atomic mass is 16.5. The Morgan fingerprint density at radius 2 is 2.13 bits per heavy atom. The van der Waals surface area contributed by atoms with E-state index in [2.05, 4.69) is 40.6 Å². The summed E-state index contributed by atoms with van der Waals surface area (Å²) in [6.45, 7) is 4.77. The Labute approximate surface area is 179 Å². The summed E-state index contributed by atoms with van der Waals surface area (Å²) in [4.78, 5) is 18.3. The van der Waals surface area contributed by atoms with Gasteiger partial charge in [0.2, 0.25) is 0 Å². The zero-order valence-corrected chi connectivity index (χ0v) is 17.6. The Balaban J connectivity index is 1.53. The number of anilines is 4. The van der Waals surface area contributed by atoms with E-state index in [0.29, 0.717) is 29.7 Å². The Bertz CT molecular complexity index is 1240. The number of carbonyl (C=O) groups is 1. The standard InChI is InChI=1S/C22H23N7O2/c1-22(2)12-28(21(30)31-3)18-8-14(6-7-16(18)22)26-19-9-17(25-13-4-5-13)20-24-11-15(10-23)29(20)27-19/h6-9,11,13,25H,4-5,12H2,1-3H3,(H,26,27). The number of benzene rings is 1. The molecule has 1 saturated carbocycles. The van der Waals surface area contributed by atoms with Crippen molar-refractivity contribution in [2.75, 3.05) is 29.2 Å². The van der Waals surface area contributed by atoms with E-state index in [-0.39, 0.29) is 11.5 Å². The summed E-state index contributed by atoms with van der Waals surface area (Å²) in [5.74, 6) is 0.576. The molecule has 2 N–H and O–H groups in total. The minimum atomic E-state index is -0.378. The van der Waals surface area contributed by atoms with E-state index in [1.165, 1.54) is 13.3 Å². The molecular formula is C22H23N7O2. The summed E-state index contributed by atoms with van der Waals surface area (Å²) in [5.41, 5.74) is 4.35. The van der Waals surface area contributed by atoms with Gasteiger partial charge in [0.25, 0.3) is 0 Å². The van der Waals surface area contributed by atoms with Gasteiger partial charge in [-0.05, 0) is 30.5 Å². The van der Waals surface area contributed by atoms with Crippen LogP contribution in [0, 0.1) is 11.3 Å². The molecule has 9 nitrogen and oxygen atoms in total. The fourth-order valence-electron chi connectivity index (χ4n) is 4.05. The lowest BCUT2D eigenvalue weighted by Crippen LogP contribution is -2.33. The molecular weight excluding hydrogens is 394 g/mol. The molecule has 2 aliphatic rings. The molecule has 1 aromatic carbocycles. The maximum Gasteiger partial charge on any atom is 0.414 e. The van der Waals surface area contributed by atoms with E-state index in [1.807, 2.05) is 24.3 Å². The minimum Gasteiger partial charge on any atom is -0.452 e. The van der Waals surface area contributed by atoms with Crippen molar-refractivity contribution in [3.8, 4) is 6.07 Å². The second-order valence-corrected chi connectivity index (χ2v) is 8.65. The number of carbonyl (C=O) groups excluding carboxylic acids is 1. The molecule has 3 aromatic rings. The highest BCUT2D eigenvalue weighted by Crippen LogP contribution is 2.42. The van der Waals surface area contributed by atoms with E-state index in [1.54, 1.807) is 9.42 Å². The van der Waals surface area contributed by atoms with Crippen LogP contribution in [0.25, 0.3) is 5.65 Å². The first-order chi connectivity index (χ1) is 14.9. The SMILES string of the molecule is COC(=O)N1CC(C)(C)c2ccc(Nc3cc(NC4CC4)c4ncc(C#N)n4n3)cc21. The van der Waals surface area contributed by atoms with Crippen molar-refractivity contribution in [1.82, 2.24) is 14.6 Å². The number of imidazole rings is 1. The van der Waals surface area contributed by atoms with Crippen LogP contribution in [0.4, 0.5) is 27.7 Å². The van der Waals surface area contributed by atoms with Crippen molar-refractivity contribution in [2.24, 2.45) is 0 Å². The predicted octanol–water partition coefficient (Wildman–Crippen LogP) is 3.78. The Kier molecular flexibility index (Phi) is 4.25. The van der Waals surface area contributed by atoms with E-state index >= 15 is 0 Å². The molecule has 0 spiro atoms. The number of aromatic nitrogens is 3. The number of methoxy groups -OCH3 is 1. The highest BCUT2D eigenvalue weighted by molar-refractivity contribution is 5.92. The molecule has 0 unspecified atom stereocenters. The third kappa shape index (κ3) is 3.30. The summed E-state index contributed by atoms with van der Waals surface area (Å²) >= 11 is 0. The number of fused-ring (bicyclic) bond motifs is 2. The van der Waals surface area contributed by atoms with Gasteiger partial charge in [0, 0.05) is 29.8 Å². The number of nitriles is 1. The molecule has 9 heteroatoms. The van der Waals surface area contributed by atoms with Gasteiger partial charge in [-0.3, -0.25) is 4.90 Å². The van der Waals surface area contributed by atoms with E-state index < -0.39 is 0 Å². The van der Waals surface area contributed by atoms with E-state index in [0.717, 1.165) is 35.5 Å². The molecule has 1 fully saturated rings. The number of nitrogens with zero attached hydrogens (tertiary/aromatic N) is 5. The number of nitrogens with one attached hydrogen (secondary N) is 2. The molecule has 31 heavy (non-hydrogen) atoms. The van der Waals surface area contributed by atoms with Crippen LogP contribution in [0.2, 0.25) is 0 Å². The lowest BCUT2D eigenvalue weighted by Gasteiger charge is -2.19. The van der Waals surface area contributed by atoms with Crippen molar-refractivity contribution < 1.29 is 9.53 Å². The molecule has 0 radical (unpaired) electrons. The first kappa shape index (κ1) is 19.2. The smallest absolute Gasteiger partial charge is 0.414 e. The van der Waals surface area contributed by atoms with E-state index in [9.17, 15) is 10.1 Å². The second kappa shape index (κ2) is 6.87. The first-order valence-corrected chi connectivity index (χ1v) is 10.2. The normalized spacial score (nSPS) is 16.6. The summed E-state index contributed by atoms with van der Waals surface area (Å²) in [6.07, 6.45) is 3.38. The summed E-state index contributed by atoms with van der Waals surface area (Å²) in [7, 11) is 1.39. The summed E-state index contributed by atoms with van der Waals surface area (Å²) < 4.78 is 6.52. The number of amides is 1. The second-order valence-electron chi connectivity index (χ2n) is 8.65. The average molecular weight is 417 g/mol. The van der Waals surface area contributed by atoms with Crippen LogP contribution in [-0.2, 0) is 10.2 Å². The minimum absolute atomic E-state index is 0.168. The molecule has 0 saturated heterocycles. The van der Waals surface area contributed by atoms with Gasteiger partial charge in [-0.15, -0.1) is 5.10 Å². The fourth-order valence-corrected chi connectivity index (χ4v) is 4.05. The van der Waals surface area contributed by atoms with Crippen LogP contribution in [0.15, 0.2) is 30.5 Å². The van der Waals surface area contributed by atoms with Crippen LogP contribution in [-0.4, -0.2) is 40.4 Å². The Morgan fingerprint density at radius 1 is 1.32 bits per heavy atom. The van der Waals surface area contributed by atoms with Crippen molar-refractivity contribution in [3.05, 3.63) is 41.7 Å². The van der Waals surface area contributed by atoms with Gasteiger partial charge in [0.05, 0.1) is 24.7 Å². The van der Waals surface area contributed by atoms with Crippen LogP contribution in [0.3, 0.4) is 0 Å². The predicted molar refractivity (Wildman–Crippen MR) is 117 cm³/mol. The molecule has 1 amide bonds. The first-order valence-electron chi connectivity index (χ1n) is 10.2. The van der Waals surface area contributed by atoms with Crippen molar-refractivity contribution in [2.45, 2.75) is 38.1 Å². The largest absolute Gasteiger partial charge is 0.452 e. The third-order valence-corrected chi connectivity index (χ3v) is 5.76. The van der Waals surface area contributed by atoms with Crippen LogP contribution in [0.1, 0.15) is 37.9 Å². The van der Waals surface area contributed by atoms with Crippen LogP contribution >= 0.6 is 0 Å². The van der Waals surface area contributed by atoms with Gasteiger partial charge in [0.1, 0.15) is 6.07 Å². The molecule has 3 heterocycles. The molecule has 5 rings (SSSR count). The lowest BCUT2D eigenvalue weighted by atomic mass is 9.87. The Hall–Kier alpha value is -3.80. The number of hydrogen-bond donors (Lipinski definition) is 2. The molecule has 2 aromatic heterocycles. The van der Waals surface area contributed by atoms with Gasteiger partial charge >= 0.3 is 6.09 Å². The maximum atomic E-state index is 12.3. The van der Waals surface area contributed by atoms with Crippen LogP contribution < -0.4 is 15.5 Å². The van der Waals surface area contributed by atoms with Gasteiger partial charge < -0.3 is 15.4 Å².